The maximum absolute atomic E-state index is 12.3. The van der Waals surface area contributed by atoms with Gasteiger partial charge in [0.2, 0.25) is 17.8 Å². The quantitative estimate of drug-likeness (QED) is 0.0260. The first-order valence-corrected chi connectivity index (χ1v) is 31.1. The second kappa shape index (κ2) is 38.0. The van der Waals surface area contributed by atoms with Crippen LogP contribution >= 0.6 is 59.4 Å². The van der Waals surface area contributed by atoms with Crippen molar-refractivity contribution < 1.29 is 97.8 Å². The minimum absolute atomic E-state index is 0. The van der Waals surface area contributed by atoms with Crippen molar-refractivity contribution in [1.82, 2.24) is 45.9 Å². The number of hydrogen-bond acceptors (Lipinski definition) is 23. The van der Waals surface area contributed by atoms with Gasteiger partial charge in [-0.25, -0.2) is 15.0 Å². The largest absolute Gasteiger partial charge is 1.00 e. The SMILES string of the molecule is CNC(=O)c1ccc(OC)cc1O.CNC(=O)c1ccc(OC)cc1Oc1nc(Nc2cc(C)c(OC)c(OC)c2)ncc1Br.CNC(=O)c1ccc(OC)cc1Oc1ncc(Br)c(Nc2cc(C)c(C)c(OC)c2)n1.COc1cc(Nc2ncc(Br)c(Cl)n2)cc(C)c1OC.[H-].[Na+]. The molecule has 508 valence electrons. The zero-order chi connectivity index (χ0) is 70.3. The van der Waals surface area contributed by atoms with E-state index in [4.69, 9.17) is 59.0 Å². The van der Waals surface area contributed by atoms with Crippen LogP contribution in [0.25, 0.3) is 0 Å². The molecule has 0 saturated carbocycles. The Balaban J connectivity index is 0.000000289. The predicted octanol–water partition coefficient (Wildman–Crippen LogP) is 11.1. The Morgan fingerprint density at radius 2 is 0.876 bits per heavy atom. The molecule has 0 bridgehead atoms. The molecule has 0 unspecified atom stereocenters. The summed E-state index contributed by atoms with van der Waals surface area (Å²) in [5.74, 6) is 5.93. The zero-order valence-corrected chi connectivity index (χ0v) is 63.4. The predicted molar refractivity (Wildman–Crippen MR) is 377 cm³/mol. The summed E-state index contributed by atoms with van der Waals surface area (Å²) in [5.41, 5.74) is 7.19. The fraction of sp³-hybridized carbons (Fsp3) is 0.227. The molecule has 0 saturated heterocycles. The fourth-order valence-electron chi connectivity index (χ4n) is 8.58. The van der Waals surface area contributed by atoms with Crippen molar-refractivity contribution >= 4 is 112 Å². The molecule has 31 heteroatoms. The molecule has 3 amide bonds. The molecule has 3 heterocycles. The van der Waals surface area contributed by atoms with E-state index in [9.17, 15) is 19.5 Å². The molecule has 26 nitrogen and oxygen atoms in total. The number of aromatic nitrogens is 6. The molecule has 9 aromatic rings. The average Bonchev–Trinajstić information content (AvgIpc) is 0.887. The Labute approximate surface area is 614 Å². The molecule has 0 aliphatic heterocycles. The molecule has 0 aliphatic rings. The van der Waals surface area contributed by atoms with Crippen molar-refractivity contribution in [3.05, 3.63) is 167 Å². The summed E-state index contributed by atoms with van der Waals surface area (Å²) >= 11 is 16.0. The summed E-state index contributed by atoms with van der Waals surface area (Å²) in [6.07, 6.45) is 4.71. The van der Waals surface area contributed by atoms with Crippen molar-refractivity contribution in [3.63, 3.8) is 0 Å². The third-order valence-electron chi connectivity index (χ3n) is 13.5. The van der Waals surface area contributed by atoms with Gasteiger partial charge in [0.05, 0.1) is 99.4 Å². The topological polar surface area (TPSA) is 313 Å². The number of carbonyl (C=O) groups excluding carboxylic acids is 3. The molecule has 6 aromatic carbocycles. The number of rotatable bonds is 21. The van der Waals surface area contributed by atoms with Gasteiger partial charge in [-0.1, -0.05) is 11.6 Å². The van der Waals surface area contributed by atoms with E-state index in [-0.39, 0.29) is 83.4 Å². The number of nitrogens with zero attached hydrogens (tertiary/aromatic N) is 6. The molecule has 0 atom stereocenters. The summed E-state index contributed by atoms with van der Waals surface area (Å²) in [6, 6.07) is 25.7. The number of ether oxygens (including phenoxy) is 10. The van der Waals surface area contributed by atoms with Crippen LogP contribution in [-0.2, 0) is 0 Å². The van der Waals surface area contributed by atoms with Gasteiger partial charge in [-0.2, -0.15) is 15.0 Å². The molecular weight excluding hydrogens is 1480 g/mol. The first-order chi connectivity index (χ1) is 46.0. The second-order valence-electron chi connectivity index (χ2n) is 19.6. The smallest absolute Gasteiger partial charge is 1.00 e. The normalized spacial score (nSPS) is 10.1. The van der Waals surface area contributed by atoms with Crippen molar-refractivity contribution in [2.24, 2.45) is 0 Å². The van der Waals surface area contributed by atoms with Crippen LogP contribution in [0.2, 0.25) is 5.15 Å². The molecular formula is C66H71Br3ClN12NaO14. The number of amides is 3. The Kier molecular flexibility index (Phi) is 30.8. The van der Waals surface area contributed by atoms with Gasteiger partial charge in [0, 0.05) is 80.8 Å². The standard InChI is InChI=1S/C22H23BrN4O5.C22H23BrN4O4.C13H13BrClN3O2.C9H11NO3.Na.H/c1-12-8-13(9-18(30-4)19(12)31-5)26-22-25-11-16(23)21(27-22)32-17-10-14(29-3)6-7-15(17)20(28)24-2;1-12-8-14(9-18(30-5)13(12)2)26-20-17(23)11-25-22(27-20)31-19-10-15(29-4)6-7-16(19)21(28)24-3;1-7-4-8(5-10(19-2)11(7)20-3)17-13-16-6-9(14)12(15)18-13;1-10-9(12)7-4-3-6(13-2)5-8(7)11;;/h6-11H,1-5H3,(H,24,28)(H,25,26,27);6-11H,1-5H3,(H,24,28)(H,25,26,27);4-6H,1-3H3,(H,16,17,18);3-5,11H,1-2H3,(H,10,12);;/q;;;;+1;-1. The number of anilines is 6. The van der Waals surface area contributed by atoms with Crippen molar-refractivity contribution in [3.8, 4) is 75.1 Å². The molecule has 9 rings (SSSR count). The van der Waals surface area contributed by atoms with Crippen LogP contribution in [0.5, 0.6) is 75.1 Å². The Morgan fingerprint density at radius 1 is 0.454 bits per heavy atom. The fourth-order valence-corrected chi connectivity index (χ4v) is 9.46. The van der Waals surface area contributed by atoms with Crippen LogP contribution in [0.15, 0.2) is 123 Å². The molecule has 0 aliphatic carbocycles. The molecule has 0 fully saturated rings. The van der Waals surface area contributed by atoms with E-state index < -0.39 is 0 Å². The summed E-state index contributed by atoms with van der Waals surface area (Å²) in [5, 5.41) is 26.8. The van der Waals surface area contributed by atoms with E-state index in [1.165, 1.54) is 40.5 Å². The molecule has 97 heavy (non-hydrogen) atoms. The molecule has 0 radical (unpaired) electrons. The Bertz CT molecular complexity index is 4250. The van der Waals surface area contributed by atoms with Gasteiger partial charge in [-0.05, 0) is 152 Å². The first-order valence-electron chi connectivity index (χ1n) is 28.4. The number of hydrogen-bond donors (Lipinski definition) is 7. The van der Waals surface area contributed by atoms with E-state index in [0.29, 0.717) is 93.3 Å². The van der Waals surface area contributed by atoms with Crippen LogP contribution in [0.3, 0.4) is 0 Å². The maximum atomic E-state index is 12.3. The average molecular weight is 1550 g/mol. The van der Waals surface area contributed by atoms with E-state index in [1.54, 1.807) is 117 Å². The van der Waals surface area contributed by atoms with Crippen LogP contribution in [0.1, 0.15) is 54.8 Å². The number of aryl methyl sites for hydroxylation is 3. The first kappa shape index (κ1) is 78.6. The number of aromatic hydroxyl groups is 1. The number of benzene rings is 6. The van der Waals surface area contributed by atoms with Gasteiger partial charge in [0.25, 0.3) is 17.7 Å². The van der Waals surface area contributed by atoms with Crippen LogP contribution < -0.4 is 109 Å². The third kappa shape index (κ3) is 21.4. The number of methoxy groups -OCH3 is 8. The number of phenols is 1. The minimum atomic E-state index is -0.319. The van der Waals surface area contributed by atoms with Crippen LogP contribution in [-0.4, -0.2) is 131 Å². The van der Waals surface area contributed by atoms with E-state index in [0.717, 1.165) is 39.4 Å². The van der Waals surface area contributed by atoms with Gasteiger partial charge in [0.1, 0.15) is 45.4 Å². The van der Waals surface area contributed by atoms with Gasteiger partial charge >= 0.3 is 35.6 Å². The van der Waals surface area contributed by atoms with Gasteiger partial charge in [0.15, 0.2) is 28.8 Å². The maximum Gasteiger partial charge on any atom is 1.00 e. The molecule has 0 spiro atoms. The number of phenolic OH excluding ortho intramolecular Hbond substituents is 1. The number of nitrogens with one attached hydrogen (secondary N) is 6. The zero-order valence-electron chi connectivity index (χ0n) is 56.8. The molecule has 3 aromatic heterocycles. The van der Waals surface area contributed by atoms with Gasteiger partial charge < -0.3 is 85.8 Å². The van der Waals surface area contributed by atoms with Gasteiger partial charge in [-0.15, -0.1) is 0 Å². The van der Waals surface area contributed by atoms with Crippen LogP contribution in [0.4, 0.5) is 34.8 Å². The van der Waals surface area contributed by atoms with Crippen molar-refractivity contribution in [2.45, 2.75) is 27.7 Å². The Morgan fingerprint density at radius 3 is 1.34 bits per heavy atom. The summed E-state index contributed by atoms with van der Waals surface area (Å²) < 4.78 is 55.8. The Hall–Kier alpha value is -9.10. The van der Waals surface area contributed by atoms with Crippen molar-refractivity contribution in [2.75, 3.05) is 94.0 Å². The van der Waals surface area contributed by atoms with Gasteiger partial charge in [-0.3, -0.25) is 14.4 Å². The molecule has 7 N–H and O–H groups in total. The van der Waals surface area contributed by atoms with E-state index in [1.807, 2.05) is 58.0 Å². The summed E-state index contributed by atoms with van der Waals surface area (Å²) in [6.45, 7) is 7.85. The second-order valence-corrected chi connectivity index (χ2v) is 22.6. The van der Waals surface area contributed by atoms with E-state index in [2.05, 4.69) is 110 Å². The number of halogens is 4. The van der Waals surface area contributed by atoms with Crippen LogP contribution in [0, 0.1) is 27.7 Å². The van der Waals surface area contributed by atoms with E-state index >= 15 is 0 Å². The monoisotopic (exact) mass is 1550 g/mol. The summed E-state index contributed by atoms with van der Waals surface area (Å²) in [4.78, 5) is 61.2. The number of carbonyl (C=O) groups is 3. The van der Waals surface area contributed by atoms with Crippen molar-refractivity contribution in [1.29, 1.82) is 0 Å². The minimum Gasteiger partial charge on any atom is -1.00 e. The summed E-state index contributed by atoms with van der Waals surface area (Å²) in [7, 11) is 17.2. The third-order valence-corrected chi connectivity index (χ3v) is 15.7.